The van der Waals surface area contributed by atoms with Crippen LogP contribution in [-0.2, 0) is 0 Å². The van der Waals surface area contributed by atoms with Crippen LogP contribution in [-0.4, -0.2) is 25.1 Å². The third-order valence-electron chi connectivity index (χ3n) is 1.79. The molecule has 0 heterocycles. The molecule has 1 amide bonds. The summed E-state index contributed by atoms with van der Waals surface area (Å²) in [6.45, 7) is 0. The maximum Gasteiger partial charge on any atom is 0.270 e. The van der Waals surface area contributed by atoms with Gasteiger partial charge in [0.25, 0.3) is 5.91 Å². The van der Waals surface area contributed by atoms with Gasteiger partial charge in [0.05, 0.1) is 12.7 Å². The van der Waals surface area contributed by atoms with Crippen molar-refractivity contribution in [1.82, 2.24) is 5.01 Å². The van der Waals surface area contributed by atoms with Crippen molar-refractivity contribution in [2.45, 2.75) is 0 Å². The fourth-order valence-electron chi connectivity index (χ4n) is 1.04. The van der Waals surface area contributed by atoms with Crippen LogP contribution in [0.15, 0.2) is 12.1 Å². The number of carbonyl (C=O) groups is 1. The number of halogens is 2. The van der Waals surface area contributed by atoms with E-state index in [1.807, 2.05) is 0 Å². The van der Waals surface area contributed by atoms with Gasteiger partial charge in [0, 0.05) is 13.1 Å². The Morgan fingerprint density at radius 2 is 2.00 bits per heavy atom. The summed E-state index contributed by atoms with van der Waals surface area (Å²) in [4.78, 5) is 11.3. The van der Waals surface area contributed by atoms with E-state index in [1.165, 1.54) is 14.2 Å². The smallest absolute Gasteiger partial charge is 0.270 e. The number of nitrogens with two attached hydrogens (primary N) is 1. The standard InChI is InChI=1S/C9H10F2N2O2/c1-13(12)9(14)5-3-7(11)8(15-2)4-6(5)10/h3-4H,12H2,1-2H3. The lowest BCUT2D eigenvalue weighted by atomic mass is 10.2. The van der Waals surface area contributed by atoms with Gasteiger partial charge in [-0.2, -0.15) is 0 Å². The van der Waals surface area contributed by atoms with Crippen molar-refractivity contribution in [1.29, 1.82) is 0 Å². The highest BCUT2D eigenvalue weighted by Crippen LogP contribution is 2.21. The zero-order valence-electron chi connectivity index (χ0n) is 8.25. The van der Waals surface area contributed by atoms with Gasteiger partial charge < -0.3 is 4.74 Å². The van der Waals surface area contributed by atoms with E-state index < -0.39 is 23.1 Å². The first-order valence-corrected chi connectivity index (χ1v) is 4.03. The monoisotopic (exact) mass is 216 g/mol. The van der Waals surface area contributed by atoms with Crippen LogP contribution in [0.1, 0.15) is 10.4 Å². The second kappa shape index (κ2) is 4.22. The topological polar surface area (TPSA) is 55.6 Å². The molecule has 0 radical (unpaired) electrons. The van der Waals surface area contributed by atoms with Crippen molar-refractivity contribution in [3.8, 4) is 5.75 Å². The molecule has 0 aliphatic rings. The van der Waals surface area contributed by atoms with Gasteiger partial charge in [0.15, 0.2) is 11.6 Å². The van der Waals surface area contributed by atoms with Crippen molar-refractivity contribution >= 4 is 5.91 Å². The third kappa shape index (κ3) is 2.21. The van der Waals surface area contributed by atoms with Gasteiger partial charge >= 0.3 is 0 Å². The minimum atomic E-state index is -0.879. The third-order valence-corrected chi connectivity index (χ3v) is 1.79. The molecular formula is C9H10F2N2O2. The number of amides is 1. The van der Waals surface area contributed by atoms with E-state index in [4.69, 9.17) is 5.84 Å². The molecule has 0 atom stereocenters. The number of rotatable bonds is 2. The fraction of sp³-hybridized carbons (Fsp3) is 0.222. The van der Waals surface area contributed by atoms with E-state index >= 15 is 0 Å². The summed E-state index contributed by atoms with van der Waals surface area (Å²) in [6, 6.07) is 1.55. The predicted octanol–water partition coefficient (Wildman–Crippen LogP) is 0.919. The molecule has 6 heteroatoms. The van der Waals surface area contributed by atoms with E-state index in [1.54, 1.807) is 0 Å². The molecule has 2 N–H and O–H groups in total. The van der Waals surface area contributed by atoms with Gasteiger partial charge in [-0.1, -0.05) is 0 Å². The van der Waals surface area contributed by atoms with Crippen molar-refractivity contribution < 1.29 is 18.3 Å². The highest BCUT2D eigenvalue weighted by atomic mass is 19.1. The molecule has 0 aliphatic carbocycles. The Hall–Kier alpha value is -1.69. The minimum absolute atomic E-state index is 0.260. The van der Waals surface area contributed by atoms with Crippen LogP contribution >= 0.6 is 0 Å². The quantitative estimate of drug-likeness (QED) is 0.454. The SMILES string of the molecule is COc1cc(F)c(C(=O)N(C)N)cc1F. The van der Waals surface area contributed by atoms with Gasteiger partial charge in [-0.3, -0.25) is 9.80 Å². The molecule has 0 spiro atoms. The predicted molar refractivity (Wildman–Crippen MR) is 49.2 cm³/mol. The van der Waals surface area contributed by atoms with Gasteiger partial charge in [-0.25, -0.2) is 14.6 Å². The molecule has 1 aromatic carbocycles. The first-order valence-electron chi connectivity index (χ1n) is 4.03. The zero-order valence-corrected chi connectivity index (χ0v) is 8.25. The minimum Gasteiger partial charge on any atom is -0.494 e. The fourth-order valence-corrected chi connectivity index (χ4v) is 1.04. The Bertz CT molecular complexity index is 394. The van der Waals surface area contributed by atoms with Crippen LogP contribution < -0.4 is 10.6 Å². The van der Waals surface area contributed by atoms with E-state index in [9.17, 15) is 13.6 Å². The Morgan fingerprint density at radius 3 is 2.47 bits per heavy atom. The summed E-state index contributed by atoms with van der Waals surface area (Å²) >= 11 is 0. The van der Waals surface area contributed by atoms with Gasteiger partial charge in [-0.15, -0.1) is 0 Å². The van der Waals surface area contributed by atoms with Crippen molar-refractivity contribution in [2.24, 2.45) is 5.84 Å². The first kappa shape index (κ1) is 11.4. The first-order chi connectivity index (χ1) is 6.97. The Labute approximate surface area is 85.2 Å². The van der Waals surface area contributed by atoms with Gasteiger partial charge in [0.1, 0.15) is 5.82 Å². The van der Waals surface area contributed by atoms with Crippen molar-refractivity contribution in [3.63, 3.8) is 0 Å². The molecule has 0 aromatic heterocycles. The van der Waals surface area contributed by atoms with E-state index in [0.717, 1.165) is 12.1 Å². The van der Waals surface area contributed by atoms with Crippen LogP contribution in [0, 0.1) is 11.6 Å². The number of ether oxygens (including phenoxy) is 1. The van der Waals surface area contributed by atoms with Crippen LogP contribution in [0.2, 0.25) is 0 Å². The highest BCUT2D eigenvalue weighted by molar-refractivity contribution is 5.94. The Kier molecular flexibility index (Phi) is 3.21. The number of benzene rings is 1. The van der Waals surface area contributed by atoms with E-state index in [2.05, 4.69) is 4.74 Å². The normalized spacial score (nSPS) is 9.93. The molecular weight excluding hydrogens is 206 g/mol. The second-order valence-corrected chi connectivity index (χ2v) is 2.88. The molecule has 0 unspecified atom stereocenters. The summed E-state index contributed by atoms with van der Waals surface area (Å²) in [5.74, 6) is 2.35. The van der Waals surface area contributed by atoms with Crippen LogP contribution in [0.4, 0.5) is 8.78 Å². The number of hydrogen-bond acceptors (Lipinski definition) is 3. The van der Waals surface area contributed by atoms with Crippen molar-refractivity contribution in [3.05, 3.63) is 29.3 Å². The summed E-state index contributed by atoms with van der Waals surface area (Å²) in [5, 5.41) is 0.671. The molecule has 0 saturated heterocycles. The Morgan fingerprint density at radius 1 is 1.40 bits per heavy atom. The molecule has 4 nitrogen and oxygen atoms in total. The van der Waals surface area contributed by atoms with Crippen LogP contribution in [0.3, 0.4) is 0 Å². The molecule has 0 aliphatic heterocycles. The molecule has 1 rings (SSSR count). The van der Waals surface area contributed by atoms with Gasteiger partial charge in [-0.05, 0) is 6.07 Å². The lowest BCUT2D eigenvalue weighted by Crippen LogP contribution is -2.33. The van der Waals surface area contributed by atoms with Crippen molar-refractivity contribution in [2.75, 3.05) is 14.2 Å². The average molecular weight is 216 g/mol. The maximum absolute atomic E-state index is 13.3. The molecule has 0 saturated carbocycles. The largest absolute Gasteiger partial charge is 0.494 e. The van der Waals surface area contributed by atoms with E-state index in [0.29, 0.717) is 5.01 Å². The number of carbonyl (C=O) groups excluding carboxylic acids is 1. The highest BCUT2D eigenvalue weighted by Gasteiger charge is 2.17. The number of hydrogen-bond donors (Lipinski definition) is 1. The Balaban J connectivity index is 3.22. The molecule has 0 fully saturated rings. The molecule has 15 heavy (non-hydrogen) atoms. The summed E-state index contributed by atoms with van der Waals surface area (Å²) in [5.41, 5.74) is -0.432. The molecule has 82 valence electrons. The maximum atomic E-state index is 13.3. The summed E-state index contributed by atoms with van der Waals surface area (Å²) < 4.78 is 31.0. The zero-order chi connectivity index (χ0) is 11.6. The lowest BCUT2D eigenvalue weighted by molar-refractivity contribution is 0.0790. The summed E-state index contributed by atoms with van der Waals surface area (Å²) in [6.07, 6.45) is 0. The number of hydrazine groups is 1. The van der Waals surface area contributed by atoms with Gasteiger partial charge in [0.2, 0.25) is 0 Å². The molecule has 1 aromatic rings. The average Bonchev–Trinajstić information content (AvgIpc) is 2.19. The van der Waals surface area contributed by atoms with Crippen LogP contribution in [0.5, 0.6) is 5.75 Å². The number of nitrogens with zero attached hydrogens (tertiary/aromatic N) is 1. The van der Waals surface area contributed by atoms with Crippen LogP contribution in [0.25, 0.3) is 0 Å². The lowest BCUT2D eigenvalue weighted by Gasteiger charge is -2.11. The number of methoxy groups -OCH3 is 1. The summed E-state index contributed by atoms with van der Waals surface area (Å²) in [7, 11) is 2.44. The second-order valence-electron chi connectivity index (χ2n) is 2.88. The molecule has 0 bridgehead atoms. The van der Waals surface area contributed by atoms with E-state index in [-0.39, 0.29) is 5.75 Å².